The number of benzene rings is 1. The van der Waals surface area contributed by atoms with Crippen LogP contribution < -0.4 is 10.6 Å². The predicted molar refractivity (Wildman–Crippen MR) is 82.5 cm³/mol. The van der Waals surface area contributed by atoms with Crippen molar-refractivity contribution in [2.75, 3.05) is 11.9 Å². The van der Waals surface area contributed by atoms with Crippen LogP contribution in [0.1, 0.15) is 32.6 Å². The quantitative estimate of drug-likeness (QED) is 0.880. The molecule has 1 fully saturated rings. The van der Waals surface area contributed by atoms with Gasteiger partial charge in [-0.25, -0.2) is 0 Å². The highest BCUT2D eigenvalue weighted by Crippen LogP contribution is 2.21. The first-order valence-electron chi connectivity index (χ1n) is 7.65. The minimum Gasteiger partial charge on any atom is -0.381 e. The molecule has 0 spiro atoms. The van der Waals surface area contributed by atoms with Crippen molar-refractivity contribution >= 4 is 5.69 Å². The summed E-state index contributed by atoms with van der Waals surface area (Å²) in [7, 11) is 0. The van der Waals surface area contributed by atoms with Gasteiger partial charge < -0.3 is 10.6 Å². The summed E-state index contributed by atoms with van der Waals surface area (Å²) in [5.74, 6) is 0. The van der Waals surface area contributed by atoms with Gasteiger partial charge in [0, 0.05) is 12.1 Å². The molecule has 0 aliphatic carbocycles. The first kappa shape index (κ1) is 14.0. The third kappa shape index (κ3) is 3.58. The normalized spacial score (nSPS) is 20.1. The van der Waals surface area contributed by atoms with Crippen molar-refractivity contribution < 1.29 is 0 Å². The molecule has 6 heteroatoms. The van der Waals surface area contributed by atoms with Gasteiger partial charge in [0.15, 0.2) is 0 Å². The third-order valence-electron chi connectivity index (χ3n) is 3.95. The van der Waals surface area contributed by atoms with Gasteiger partial charge in [-0.05, 0) is 55.3 Å². The summed E-state index contributed by atoms with van der Waals surface area (Å²) in [6, 6.07) is 9.14. The number of aromatic nitrogens is 4. The van der Waals surface area contributed by atoms with E-state index in [4.69, 9.17) is 0 Å². The lowest BCUT2D eigenvalue weighted by Gasteiger charge is -2.27. The van der Waals surface area contributed by atoms with Crippen molar-refractivity contribution in [1.29, 1.82) is 0 Å². The summed E-state index contributed by atoms with van der Waals surface area (Å²) in [4.78, 5) is 0. The Morgan fingerprint density at radius 2 is 2.29 bits per heavy atom. The van der Waals surface area contributed by atoms with Gasteiger partial charge in [0.25, 0.3) is 0 Å². The molecule has 2 N–H and O–H groups in total. The summed E-state index contributed by atoms with van der Waals surface area (Å²) in [6.07, 6.45) is 6.67. The monoisotopic (exact) mass is 286 g/mol. The van der Waals surface area contributed by atoms with Crippen molar-refractivity contribution in [1.82, 2.24) is 25.5 Å². The Labute approximate surface area is 124 Å². The Morgan fingerprint density at radius 3 is 3.05 bits per heavy atom. The molecule has 0 amide bonds. The highest BCUT2D eigenvalue weighted by molar-refractivity contribution is 5.60. The second-order valence-corrected chi connectivity index (χ2v) is 5.70. The van der Waals surface area contributed by atoms with Crippen molar-refractivity contribution in [3.05, 3.63) is 30.6 Å². The van der Waals surface area contributed by atoms with Gasteiger partial charge in [0.2, 0.25) is 0 Å². The molecule has 2 heterocycles. The number of para-hydroxylation sites is 2. The maximum Gasteiger partial charge on any atom is 0.143 e. The van der Waals surface area contributed by atoms with Crippen molar-refractivity contribution in [2.45, 2.75) is 44.7 Å². The zero-order chi connectivity index (χ0) is 14.5. The largest absolute Gasteiger partial charge is 0.381 e. The van der Waals surface area contributed by atoms with Gasteiger partial charge in [-0.3, -0.25) is 0 Å². The van der Waals surface area contributed by atoms with Gasteiger partial charge in [-0.2, -0.15) is 4.68 Å². The van der Waals surface area contributed by atoms with Crippen LogP contribution in [0, 0.1) is 0 Å². The van der Waals surface area contributed by atoms with Crippen LogP contribution in [0.25, 0.3) is 5.69 Å². The lowest BCUT2D eigenvalue weighted by Crippen LogP contribution is -2.37. The topological polar surface area (TPSA) is 67.7 Å². The minimum absolute atomic E-state index is 0.401. The van der Waals surface area contributed by atoms with E-state index in [1.807, 2.05) is 18.2 Å². The first-order chi connectivity index (χ1) is 10.3. The second-order valence-electron chi connectivity index (χ2n) is 5.70. The molecule has 0 bridgehead atoms. The summed E-state index contributed by atoms with van der Waals surface area (Å²) in [6.45, 7) is 3.38. The fourth-order valence-corrected chi connectivity index (χ4v) is 2.94. The molecule has 2 atom stereocenters. The molecular formula is C15H22N6. The molecule has 2 aromatic rings. The highest BCUT2D eigenvalue weighted by atomic mass is 15.5. The van der Waals surface area contributed by atoms with E-state index in [9.17, 15) is 0 Å². The van der Waals surface area contributed by atoms with Crippen LogP contribution in [0.15, 0.2) is 30.6 Å². The number of piperidine rings is 1. The number of rotatable bonds is 5. The van der Waals surface area contributed by atoms with Crippen molar-refractivity contribution in [3.8, 4) is 5.69 Å². The molecule has 1 aliphatic rings. The van der Waals surface area contributed by atoms with Crippen LogP contribution in [-0.2, 0) is 0 Å². The molecule has 6 nitrogen and oxygen atoms in total. The standard InChI is InChI=1S/C15H22N6/c1-12(10-13-6-4-5-9-16-13)18-14-7-2-3-8-15(14)21-11-17-19-20-21/h2-3,7-8,11-13,16,18H,4-6,9-10H2,1H3. The molecule has 1 saturated heterocycles. The van der Waals surface area contributed by atoms with E-state index < -0.39 is 0 Å². The highest BCUT2D eigenvalue weighted by Gasteiger charge is 2.16. The summed E-state index contributed by atoms with van der Waals surface area (Å²) >= 11 is 0. The van der Waals surface area contributed by atoms with Gasteiger partial charge in [0.1, 0.15) is 6.33 Å². The predicted octanol–water partition coefficient (Wildman–Crippen LogP) is 1.99. The zero-order valence-electron chi connectivity index (χ0n) is 12.4. The number of hydrogen-bond donors (Lipinski definition) is 2. The second kappa shape index (κ2) is 6.67. The van der Waals surface area contributed by atoms with Crippen molar-refractivity contribution in [2.24, 2.45) is 0 Å². The van der Waals surface area contributed by atoms with Crippen LogP contribution in [0.4, 0.5) is 5.69 Å². The van der Waals surface area contributed by atoms with E-state index in [2.05, 4.69) is 39.1 Å². The van der Waals surface area contributed by atoms with E-state index in [-0.39, 0.29) is 0 Å². The number of nitrogens with one attached hydrogen (secondary N) is 2. The summed E-state index contributed by atoms with van der Waals surface area (Å²) < 4.78 is 1.69. The zero-order valence-corrected chi connectivity index (χ0v) is 12.4. The van der Waals surface area contributed by atoms with E-state index in [1.54, 1.807) is 11.0 Å². The maximum atomic E-state index is 3.97. The molecule has 2 unspecified atom stereocenters. The SMILES string of the molecule is CC(CC1CCCCN1)Nc1ccccc1-n1cnnn1. The van der Waals surface area contributed by atoms with Crippen LogP contribution in [-0.4, -0.2) is 38.8 Å². The van der Waals surface area contributed by atoms with Crippen LogP contribution in [0.3, 0.4) is 0 Å². The lowest BCUT2D eigenvalue weighted by atomic mass is 9.98. The minimum atomic E-state index is 0.401. The van der Waals surface area contributed by atoms with Crippen molar-refractivity contribution in [3.63, 3.8) is 0 Å². The molecule has 1 aromatic carbocycles. The average molecular weight is 286 g/mol. The summed E-state index contributed by atoms with van der Waals surface area (Å²) in [5, 5.41) is 18.6. The molecule has 0 radical (unpaired) electrons. The Hall–Kier alpha value is -1.95. The van der Waals surface area contributed by atoms with Gasteiger partial charge in [0.05, 0.1) is 11.4 Å². The Morgan fingerprint density at radius 1 is 1.38 bits per heavy atom. The third-order valence-corrected chi connectivity index (χ3v) is 3.95. The first-order valence-corrected chi connectivity index (χ1v) is 7.65. The van der Waals surface area contributed by atoms with E-state index >= 15 is 0 Å². The molecule has 3 rings (SSSR count). The number of nitrogens with zero attached hydrogens (tertiary/aromatic N) is 4. The Balaban J connectivity index is 1.67. The van der Waals surface area contributed by atoms with E-state index in [1.165, 1.54) is 19.3 Å². The number of tetrazole rings is 1. The molecule has 1 aliphatic heterocycles. The molecule has 112 valence electrons. The van der Waals surface area contributed by atoms with Gasteiger partial charge in [-0.15, -0.1) is 5.10 Å². The summed E-state index contributed by atoms with van der Waals surface area (Å²) in [5.41, 5.74) is 2.04. The van der Waals surface area contributed by atoms with Gasteiger partial charge in [-0.1, -0.05) is 18.6 Å². The van der Waals surface area contributed by atoms with Crippen LogP contribution in [0.5, 0.6) is 0 Å². The fraction of sp³-hybridized carbons (Fsp3) is 0.533. The molecule has 1 aromatic heterocycles. The Bertz CT molecular complexity index is 547. The van der Waals surface area contributed by atoms with Crippen LogP contribution >= 0.6 is 0 Å². The number of anilines is 1. The molecule has 0 saturated carbocycles. The molecule has 21 heavy (non-hydrogen) atoms. The van der Waals surface area contributed by atoms with E-state index in [0.717, 1.165) is 24.3 Å². The smallest absolute Gasteiger partial charge is 0.143 e. The van der Waals surface area contributed by atoms with Crippen LogP contribution in [0.2, 0.25) is 0 Å². The number of hydrogen-bond acceptors (Lipinski definition) is 5. The maximum absolute atomic E-state index is 3.97. The molecular weight excluding hydrogens is 264 g/mol. The van der Waals surface area contributed by atoms with Gasteiger partial charge >= 0.3 is 0 Å². The average Bonchev–Trinajstić information content (AvgIpc) is 3.03. The van der Waals surface area contributed by atoms with E-state index in [0.29, 0.717) is 12.1 Å². The fourth-order valence-electron chi connectivity index (χ4n) is 2.94. The Kier molecular flexibility index (Phi) is 4.45. The lowest BCUT2D eigenvalue weighted by molar-refractivity contribution is 0.371.